The maximum Gasteiger partial charge on any atom is 0.0619 e. The molecule has 2 nitrogen and oxygen atoms in total. The predicted octanol–water partition coefficient (Wildman–Crippen LogP) is 4.16. The summed E-state index contributed by atoms with van der Waals surface area (Å²) in [6.07, 6.45) is 3.86. The first-order valence-electron chi connectivity index (χ1n) is 8.10. The quantitative estimate of drug-likeness (QED) is 0.841. The van der Waals surface area contributed by atoms with Gasteiger partial charge in [-0.3, -0.25) is 0 Å². The molecule has 0 spiro atoms. The van der Waals surface area contributed by atoms with Crippen molar-refractivity contribution >= 4 is 0 Å². The summed E-state index contributed by atoms with van der Waals surface area (Å²) in [7, 11) is 0. The SMILES string of the molecule is CCCNC(c1cccc(C)c1C)C1CCOC1CC. The lowest BCUT2D eigenvalue weighted by Gasteiger charge is -2.30. The van der Waals surface area contributed by atoms with Gasteiger partial charge in [-0.1, -0.05) is 32.0 Å². The van der Waals surface area contributed by atoms with Crippen LogP contribution >= 0.6 is 0 Å². The Morgan fingerprint density at radius 3 is 2.80 bits per heavy atom. The van der Waals surface area contributed by atoms with Crippen molar-refractivity contribution in [1.29, 1.82) is 0 Å². The average Bonchev–Trinajstić information content (AvgIpc) is 2.92. The van der Waals surface area contributed by atoms with Crippen LogP contribution in [-0.4, -0.2) is 19.3 Å². The van der Waals surface area contributed by atoms with E-state index in [-0.39, 0.29) is 0 Å². The average molecular weight is 275 g/mol. The van der Waals surface area contributed by atoms with Gasteiger partial charge in [0.25, 0.3) is 0 Å². The second-order valence-corrected chi connectivity index (χ2v) is 5.99. The van der Waals surface area contributed by atoms with Gasteiger partial charge in [0.05, 0.1) is 6.10 Å². The summed E-state index contributed by atoms with van der Waals surface area (Å²) in [5.74, 6) is 0.604. The molecule has 20 heavy (non-hydrogen) atoms. The van der Waals surface area contributed by atoms with Gasteiger partial charge >= 0.3 is 0 Å². The summed E-state index contributed by atoms with van der Waals surface area (Å²) in [6, 6.07) is 7.12. The van der Waals surface area contributed by atoms with Gasteiger partial charge in [-0.25, -0.2) is 0 Å². The second kappa shape index (κ2) is 7.24. The highest BCUT2D eigenvalue weighted by molar-refractivity contribution is 5.36. The fraction of sp³-hybridized carbons (Fsp3) is 0.667. The maximum atomic E-state index is 5.93. The fourth-order valence-corrected chi connectivity index (χ4v) is 3.37. The summed E-state index contributed by atoms with van der Waals surface area (Å²) in [5.41, 5.74) is 4.29. The molecule has 112 valence electrons. The van der Waals surface area contributed by atoms with Crippen molar-refractivity contribution in [2.45, 2.75) is 59.1 Å². The van der Waals surface area contributed by atoms with Crippen molar-refractivity contribution in [3.63, 3.8) is 0 Å². The third-order valence-corrected chi connectivity index (χ3v) is 4.69. The van der Waals surface area contributed by atoms with E-state index in [4.69, 9.17) is 4.74 Å². The van der Waals surface area contributed by atoms with Crippen molar-refractivity contribution in [3.05, 3.63) is 34.9 Å². The minimum atomic E-state index is 0.407. The number of hydrogen-bond acceptors (Lipinski definition) is 2. The van der Waals surface area contributed by atoms with E-state index in [9.17, 15) is 0 Å². The lowest BCUT2D eigenvalue weighted by atomic mass is 9.84. The second-order valence-electron chi connectivity index (χ2n) is 5.99. The smallest absolute Gasteiger partial charge is 0.0619 e. The van der Waals surface area contributed by atoms with E-state index in [1.165, 1.54) is 29.5 Å². The van der Waals surface area contributed by atoms with Crippen molar-refractivity contribution in [3.8, 4) is 0 Å². The zero-order valence-corrected chi connectivity index (χ0v) is 13.4. The number of aryl methyl sites for hydroxylation is 1. The number of ether oxygens (including phenoxy) is 1. The Morgan fingerprint density at radius 2 is 2.10 bits per heavy atom. The highest BCUT2D eigenvalue weighted by atomic mass is 16.5. The molecule has 0 saturated carbocycles. The van der Waals surface area contributed by atoms with Gasteiger partial charge in [-0.2, -0.15) is 0 Å². The van der Waals surface area contributed by atoms with Gasteiger partial charge in [-0.05, 0) is 56.3 Å². The monoisotopic (exact) mass is 275 g/mol. The molecule has 1 aromatic carbocycles. The molecule has 3 atom stereocenters. The normalized spacial score (nSPS) is 24.0. The van der Waals surface area contributed by atoms with E-state index in [1.807, 2.05) is 0 Å². The van der Waals surface area contributed by atoms with E-state index < -0.39 is 0 Å². The topological polar surface area (TPSA) is 21.3 Å². The van der Waals surface area contributed by atoms with Gasteiger partial charge in [0.2, 0.25) is 0 Å². The molecule has 1 aliphatic heterocycles. The number of rotatable bonds is 6. The molecule has 0 aliphatic carbocycles. The molecule has 1 heterocycles. The van der Waals surface area contributed by atoms with Crippen molar-refractivity contribution in [2.24, 2.45) is 5.92 Å². The molecule has 0 aromatic heterocycles. The molecular weight excluding hydrogens is 246 g/mol. The number of benzene rings is 1. The van der Waals surface area contributed by atoms with E-state index in [2.05, 4.69) is 51.2 Å². The molecule has 1 saturated heterocycles. The standard InChI is InChI=1S/C18H29NO/c1-5-11-19-18(16-10-12-20-17(16)6-2)15-9-7-8-13(3)14(15)4/h7-9,16-19H,5-6,10-12H2,1-4H3. The van der Waals surface area contributed by atoms with Crippen molar-refractivity contribution < 1.29 is 4.74 Å². The number of hydrogen-bond donors (Lipinski definition) is 1. The first-order chi connectivity index (χ1) is 9.69. The molecule has 0 radical (unpaired) electrons. The van der Waals surface area contributed by atoms with Crippen molar-refractivity contribution in [2.75, 3.05) is 13.2 Å². The Morgan fingerprint density at radius 1 is 1.30 bits per heavy atom. The van der Waals surface area contributed by atoms with Crippen LogP contribution in [0.1, 0.15) is 55.8 Å². The van der Waals surface area contributed by atoms with Crippen LogP contribution in [0.25, 0.3) is 0 Å². The van der Waals surface area contributed by atoms with Crippen LogP contribution in [0.2, 0.25) is 0 Å². The molecule has 1 aliphatic rings. The summed E-state index contributed by atoms with van der Waals surface area (Å²) < 4.78 is 5.93. The Labute approximate surface area is 123 Å². The number of nitrogens with one attached hydrogen (secondary N) is 1. The zero-order chi connectivity index (χ0) is 14.5. The molecule has 0 bridgehead atoms. The molecule has 1 fully saturated rings. The molecular formula is C18H29NO. The van der Waals surface area contributed by atoms with E-state index >= 15 is 0 Å². The predicted molar refractivity (Wildman–Crippen MR) is 85.1 cm³/mol. The van der Waals surface area contributed by atoms with Gasteiger partial charge < -0.3 is 10.1 Å². The zero-order valence-electron chi connectivity index (χ0n) is 13.4. The summed E-state index contributed by atoms with van der Waals surface area (Å²) in [6.45, 7) is 10.9. The third kappa shape index (κ3) is 3.24. The molecule has 1 N–H and O–H groups in total. The van der Waals surface area contributed by atoms with Gasteiger partial charge in [0, 0.05) is 18.6 Å². The van der Waals surface area contributed by atoms with Crippen LogP contribution in [-0.2, 0) is 4.74 Å². The first kappa shape index (κ1) is 15.5. The van der Waals surface area contributed by atoms with E-state index in [0.29, 0.717) is 18.1 Å². The molecule has 0 amide bonds. The molecule has 2 heteroatoms. The lowest BCUT2D eigenvalue weighted by molar-refractivity contribution is 0.0773. The van der Waals surface area contributed by atoms with Gasteiger partial charge in [0.15, 0.2) is 0 Å². The van der Waals surface area contributed by atoms with Crippen LogP contribution in [0.5, 0.6) is 0 Å². The minimum Gasteiger partial charge on any atom is -0.378 e. The molecule has 1 aromatic rings. The Bertz CT molecular complexity index is 429. The summed E-state index contributed by atoms with van der Waals surface area (Å²) >= 11 is 0. The van der Waals surface area contributed by atoms with Gasteiger partial charge in [0.1, 0.15) is 0 Å². The minimum absolute atomic E-state index is 0.407. The van der Waals surface area contributed by atoms with Crippen LogP contribution in [0.4, 0.5) is 0 Å². The maximum absolute atomic E-state index is 5.93. The highest BCUT2D eigenvalue weighted by Crippen LogP contribution is 2.36. The third-order valence-electron chi connectivity index (χ3n) is 4.69. The lowest BCUT2D eigenvalue weighted by Crippen LogP contribution is -2.33. The fourth-order valence-electron chi connectivity index (χ4n) is 3.37. The Balaban J connectivity index is 2.29. The van der Waals surface area contributed by atoms with Crippen molar-refractivity contribution in [1.82, 2.24) is 5.32 Å². The van der Waals surface area contributed by atoms with Gasteiger partial charge in [-0.15, -0.1) is 0 Å². The summed E-state index contributed by atoms with van der Waals surface area (Å²) in [4.78, 5) is 0. The highest BCUT2D eigenvalue weighted by Gasteiger charge is 2.34. The summed E-state index contributed by atoms with van der Waals surface area (Å²) in [5, 5.41) is 3.78. The van der Waals surface area contributed by atoms with E-state index in [0.717, 1.165) is 19.6 Å². The first-order valence-corrected chi connectivity index (χ1v) is 8.10. The Hall–Kier alpha value is -0.860. The van der Waals surface area contributed by atoms with E-state index in [1.54, 1.807) is 0 Å². The van der Waals surface area contributed by atoms with Crippen LogP contribution < -0.4 is 5.32 Å². The molecule has 2 rings (SSSR count). The van der Waals surface area contributed by atoms with Crippen LogP contribution in [0.15, 0.2) is 18.2 Å². The van der Waals surface area contributed by atoms with Crippen LogP contribution in [0.3, 0.4) is 0 Å². The molecule has 3 unspecified atom stereocenters. The largest absolute Gasteiger partial charge is 0.378 e. The van der Waals surface area contributed by atoms with Crippen LogP contribution in [0, 0.1) is 19.8 Å². The Kier molecular flexibility index (Phi) is 5.62.